The van der Waals surface area contributed by atoms with Crippen LogP contribution in [0, 0.1) is 16.7 Å². The smallest absolute Gasteiger partial charge is 0.310 e. The van der Waals surface area contributed by atoms with Crippen molar-refractivity contribution in [2.45, 2.75) is 20.4 Å². The Morgan fingerprint density at radius 2 is 1.67 bits per heavy atom. The van der Waals surface area contributed by atoms with Gasteiger partial charge < -0.3 is 4.74 Å². The number of methoxy groups -OCH3 is 1. The molecule has 0 N–H and O–H groups in total. The first kappa shape index (κ1) is 13.8. The molecule has 1 aromatic carbocycles. The molecule has 21 heavy (non-hydrogen) atoms. The molecule has 1 aromatic rings. The molecule has 5 heteroatoms. The highest BCUT2D eigenvalue weighted by Crippen LogP contribution is 2.74. The number of ether oxygens (including phenoxy) is 1. The Labute approximate surface area is 122 Å². The molecular weight excluding hydrogens is 270 g/mol. The van der Waals surface area contributed by atoms with Crippen molar-refractivity contribution in [3.05, 3.63) is 35.9 Å². The lowest BCUT2D eigenvalue weighted by molar-refractivity contribution is -0.153. The number of hydrogen-bond donors (Lipinski definition) is 0. The lowest BCUT2D eigenvalue weighted by atomic mass is 10.00. The van der Waals surface area contributed by atoms with E-state index in [4.69, 9.17) is 4.74 Å². The molecule has 3 atom stereocenters. The zero-order valence-corrected chi connectivity index (χ0v) is 12.3. The number of esters is 1. The quantitative estimate of drug-likeness (QED) is 0.622. The summed E-state index contributed by atoms with van der Waals surface area (Å²) in [5, 5.41) is 0. The Morgan fingerprint density at radius 3 is 2.14 bits per heavy atom. The molecule has 0 spiro atoms. The maximum atomic E-state index is 12.6. The number of nitrogens with zero attached hydrogens (tertiary/aromatic N) is 1. The van der Waals surface area contributed by atoms with Crippen molar-refractivity contribution in [2.24, 2.45) is 16.7 Å². The van der Waals surface area contributed by atoms with Crippen molar-refractivity contribution in [3.63, 3.8) is 0 Å². The fourth-order valence-corrected chi connectivity index (χ4v) is 3.64. The van der Waals surface area contributed by atoms with E-state index in [2.05, 4.69) is 0 Å². The number of fused-ring (bicyclic) bond motifs is 1. The lowest BCUT2D eigenvalue weighted by Crippen LogP contribution is -2.38. The highest BCUT2D eigenvalue weighted by atomic mass is 16.5. The van der Waals surface area contributed by atoms with Crippen LogP contribution >= 0.6 is 0 Å². The van der Waals surface area contributed by atoms with Gasteiger partial charge in [0.25, 0.3) is 0 Å². The van der Waals surface area contributed by atoms with Gasteiger partial charge >= 0.3 is 5.97 Å². The third kappa shape index (κ3) is 1.49. The fraction of sp³-hybridized carbons (Fsp3) is 0.438. The zero-order valence-electron chi connectivity index (χ0n) is 12.3. The van der Waals surface area contributed by atoms with Crippen molar-refractivity contribution >= 4 is 17.8 Å². The van der Waals surface area contributed by atoms with Crippen molar-refractivity contribution in [2.75, 3.05) is 7.11 Å². The van der Waals surface area contributed by atoms with Crippen LogP contribution < -0.4 is 0 Å². The van der Waals surface area contributed by atoms with Crippen LogP contribution in [-0.2, 0) is 25.7 Å². The first-order chi connectivity index (χ1) is 9.89. The zero-order chi connectivity index (χ0) is 15.4. The second-order valence-electron chi connectivity index (χ2n) is 6.04. The molecule has 0 aromatic heterocycles. The molecule has 0 radical (unpaired) electrons. The van der Waals surface area contributed by atoms with Gasteiger partial charge in [0, 0.05) is 0 Å². The monoisotopic (exact) mass is 287 g/mol. The summed E-state index contributed by atoms with van der Waals surface area (Å²) >= 11 is 0. The predicted octanol–water partition coefficient (Wildman–Crippen LogP) is 1.37. The topological polar surface area (TPSA) is 63.7 Å². The van der Waals surface area contributed by atoms with Gasteiger partial charge in [-0.1, -0.05) is 30.3 Å². The van der Waals surface area contributed by atoms with Crippen LogP contribution in [0.5, 0.6) is 0 Å². The number of imide groups is 1. The third-order valence-corrected chi connectivity index (χ3v) is 5.15. The summed E-state index contributed by atoms with van der Waals surface area (Å²) in [7, 11) is 1.28. The predicted molar refractivity (Wildman–Crippen MR) is 73.7 cm³/mol. The highest BCUT2D eigenvalue weighted by molar-refractivity contribution is 6.18. The maximum Gasteiger partial charge on any atom is 0.310 e. The molecule has 110 valence electrons. The summed E-state index contributed by atoms with van der Waals surface area (Å²) in [5.41, 5.74) is -1.04. The van der Waals surface area contributed by atoms with Gasteiger partial charge in [0.1, 0.15) is 0 Å². The van der Waals surface area contributed by atoms with Crippen LogP contribution in [0.4, 0.5) is 0 Å². The number of amides is 2. The molecule has 1 saturated carbocycles. The van der Waals surface area contributed by atoms with Gasteiger partial charge in [0.05, 0.1) is 30.4 Å². The first-order valence-electron chi connectivity index (χ1n) is 6.87. The highest BCUT2D eigenvalue weighted by Gasteiger charge is 2.87. The van der Waals surface area contributed by atoms with E-state index in [1.54, 1.807) is 13.8 Å². The Balaban J connectivity index is 1.89. The van der Waals surface area contributed by atoms with E-state index in [0.29, 0.717) is 0 Å². The van der Waals surface area contributed by atoms with E-state index in [1.165, 1.54) is 12.0 Å². The average Bonchev–Trinajstić information content (AvgIpc) is 2.97. The Morgan fingerprint density at radius 1 is 1.14 bits per heavy atom. The molecule has 0 bridgehead atoms. The number of hydrogen-bond acceptors (Lipinski definition) is 4. The summed E-state index contributed by atoms with van der Waals surface area (Å²) < 4.78 is 4.73. The number of likely N-dealkylation sites (tertiary alicyclic amines) is 1. The Bertz CT molecular complexity index is 613. The van der Waals surface area contributed by atoms with E-state index >= 15 is 0 Å². The van der Waals surface area contributed by atoms with E-state index < -0.39 is 22.7 Å². The fourth-order valence-electron chi connectivity index (χ4n) is 3.64. The van der Waals surface area contributed by atoms with Gasteiger partial charge in [-0.05, 0) is 19.4 Å². The molecule has 0 unspecified atom stereocenters. The second-order valence-corrected chi connectivity index (χ2v) is 6.04. The van der Waals surface area contributed by atoms with Crippen LogP contribution in [0.25, 0.3) is 0 Å². The van der Waals surface area contributed by atoms with Gasteiger partial charge in [-0.25, -0.2) is 0 Å². The number of rotatable bonds is 3. The summed E-state index contributed by atoms with van der Waals surface area (Å²) in [6.45, 7) is 3.61. The summed E-state index contributed by atoms with van der Waals surface area (Å²) in [6, 6.07) is 9.34. The van der Waals surface area contributed by atoms with Gasteiger partial charge in [-0.15, -0.1) is 0 Å². The summed E-state index contributed by atoms with van der Waals surface area (Å²) in [4.78, 5) is 38.3. The summed E-state index contributed by atoms with van der Waals surface area (Å²) in [5.74, 6) is -1.72. The van der Waals surface area contributed by atoms with Crippen LogP contribution in [0.3, 0.4) is 0 Å². The number of benzene rings is 1. The normalized spacial score (nSPS) is 33.9. The van der Waals surface area contributed by atoms with Crippen molar-refractivity contribution < 1.29 is 19.1 Å². The van der Waals surface area contributed by atoms with Crippen LogP contribution in [0.15, 0.2) is 30.3 Å². The standard InChI is InChI=1S/C16H17NO4/c1-15-11(12(18)21-3)16(15,2)14(20)17(13(15)19)9-10-7-5-4-6-8-10/h4-8,11H,9H2,1-3H3/t11-,15+,16-. The minimum Gasteiger partial charge on any atom is -0.469 e. The minimum absolute atomic E-state index is 0.248. The van der Waals surface area contributed by atoms with Crippen LogP contribution in [-0.4, -0.2) is 29.8 Å². The van der Waals surface area contributed by atoms with E-state index in [-0.39, 0.29) is 18.4 Å². The summed E-state index contributed by atoms with van der Waals surface area (Å²) in [6.07, 6.45) is 0. The van der Waals surface area contributed by atoms with E-state index in [1.807, 2.05) is 30.3 Å². The van der Waals surface area contributed by atoms with Crippen LogP contribution in [0.2, 0.25) is 0 Å². The molecular formula is C16H17NO4. The van der Waals surface area contributed by atoms with Crippen molar-refractivity contribution in [1.82, 2.24) is 4.90 Å². The molecule has 3 rings (SSSR count). The third-order valence-electron chi connectivity index (χ3n) is 5.15. The number of carbonyl (C=O) groups is 3. The SMILES string of the molecule is COC(=O)[C@H]1[C@]2(C)C(=O)N(Cc3ccccc3)C(=O)[C@]12C. The first-order valence-corrected chi connectivity index (χ1v) is 6.87. The molecule has 1 saturated heterocycles. The second kappa shape index (κ2) is 4.16. The number of piperidine rings is 1. The van der Waals surface area contributed by atoms with Crippen LogP contribution in [0.1, 0.15) is 19.4 Å². The molecule has 2 amide bonds. The minimum atomic E-state index is -0.966. The molecule has 5 nitrogen and oxygen atoms in total. The Kier molecular flexibility index (Phi) is 2.74. The van der Waals surface area contributed by atoms with E-state index in [0.717, 1.165) is 5.56 Å². The molecule has 1 aliphatic carbocycles. The lowest BCUT2D eigenvalue weighted by Gasteiger charge is -2.21. The van der Waals surface area contributed by atoms with E-state index in [9.17, 15) is 14.4 Å². The van der Waals surface area contributed by atoms with Gasteiger partial charge in [-0.3, -0.25) is 19.3 Å². The maximum absolute atomic E-state index is 12.6. The largest absolute Gasteiger partial charge is 0.469 e. The molecule has 1 aliphatic heterocycles. The van der Waals surface area contributed by atoms with Crippen molar-refractivity contribution in [3.8, 4) is 0 Å². The molecule has 1 heterocycles. The van der Waals surface area contributed by atoms with Gasteiger partial charge in [0.2, 0.25) is 11.8 Å². The molecule has 2 fully saturated rings. The van der Waals surface area contributed by atoms with Crippen molar-refractivity contribution in [1.29, 1.82) is 0 Å². The number of carbonyl (C=O) groups excluding carboxylic acids is 3. The van der Waals surface area contributed by atoms with Gasteiger partial charge in [0.15, 0.2) is 0 Å². The average molecular weight is 287 g/mol. The molecule has 2 aliphatic rings. The Hall–Kier alpha value is -2.17. The van der Waals surface area contributed by atoms with Gasteiger partial charge in [-0.2, -0.15) is 0 Å².